The molecule has 0 aliphatic rings. The van der Waals surface area contributed by atoms with Crippen molar-refractivity contribution in [2.45, 2.75) is 13.3 Å². The van der Waals surface area contributed by atoms with E-state index in [0.717, 1.165) is 15.6 Å². The third kappa shape index (κ3) is 3.57. The molecule has 0 aromatic heterocycles. The van der Waals surface area contributed by atoms with Crippen molar-refractivity contribution in [3.63, 3.8) is 0 Å². The van der Waals surface area contributed by atoms with E-state index < -0.39 is 10.8 Å². The maximum atomic E-state index is 12.3. The van der Waals surface area contributed by atoms with Gasteiger partial charge < -0.3 is 5.32 Å². The Kier molecular flexibility index (Phi) is 4.89. The van der Waals surface area contributed by atoms with Gasteiger partial charge in [0.1, 0.15) is 5.56 Å². The van der Waals surface area contributed by atoms with Crippen LogP contribution in [-0.4, -0.2) is 10.8 Å². The maximum absolute atomic E-state index is 12.3. The highest BCUT2D eigenvalue weighted by molar-refractivity contribution is 14.1. The smallest absolute Gasteiger partial charge is 0.282 e. The SMILES string of the molecule is CCc1cc(I)ccc1NC(=O)c1ccccc1[N+](=O)[O-]. The zero-order valence-corrected chi connectivity index (χ0v) is 13.5. The van der Waals surface area contributed by atoms with E-state index in [4.69, 9.17) is 0 Å². The van der Waals surface area contributed by atoms with Crippen LogP contribution in [0, 0.1) is 13.7 Å². The van der Waals surface area contributed by atoms with Crippen LogP contribution in [0.15, 0.2) is 42.5 Å². The number of nitro groups is 1. The van der Waals surface area contributed by atoms with Crippen LogP contribution in [0.1, 0.15) is 22.8 Å². The Bertz CT molecular complexity index is 701. The minimum atomic E-state index is -0.552. The number of nitrogens with one attached hydrogen (secondary N) is 1. The number of benzene rings is 2. The standard InChI is InChI=1S/C15H13IN2O3/c1-2-10-9-11(16)7-8-13(10)17-15(19)12-5-3-4-6-14(12)18(20)21/h3-9H,2H2,1H3,(H,17,19). The van der Waals surface area contributed by atoms with Crippen LogP contribution in [-0.2, 0) is 6.42 Å². The maximum Gasteiger partial charge on any atom is 0.282 e. The Morgan fingerprint density at radius 1 is 1.29 bits per heavy atom. The van der Waals surface area contributed by atoms with Crippen LogP contribution in [0.3, 0.4) is 0 Å². The number of nitrogens with zero attached hydrogens (tertiary/aromatic N) is 1. The average molecular weight is 396 g/mol. The lowest BCUT2D eigenvalue weighted by Gasteiger charge is -2.10. The van der Waals surface area contributed by atoms with Crippen LogP contribution >= 0.6 is 22.6 Å². The van der Waals surface area contributed by atoms with E-state index in [2.05, 4.69) is 27.9 Å². The van der Waals surface area contributed by atoms with E-state index in [9.17, 15) is 14.9 Å². The van der Waals surface area contributed by atoms with Crippen molar-refractivity contribution in [1.29, 1.82) is 0 Å². The number of nitro benzene ring substituents is 1. The number of aryl methyl sites for hydroxylation is 1. The second kappa shape index (κ2) is 6.66. The molecule has 6 heteroatoms. The van der Waals surface area contributed by atoms with Crippen molar-refractivity contribution >= 4 is 39.9 Å². The molecule has 108 valence electrons. The van der Waals surface area contributed by atoms with Crippen molar-refractivity contribution in [3.8, 4) is 0 Å². The molecular formula is C15H13IN2O3. The second-order valence-electron chi connectivity index (χ2n) is 4.38. The molecule has 0 bridgehead atoms. The number of para-hydroxylation sites is 1. The number of hydrogen-bond donors (Lipinski definition) is 1. The fourth-order valence-corrected chi connectivity index (χ4v) is 2.55. The number of hydrogen-bond acceptors (Lipinski definition) is 3. The molecule has 1 amide bonds. The van der Waals surface area contributed by atoms with Gasteiger partial charge in [-0.25, -0.2) is 0 Å². The predicted octanol–water partition coefficient (Wildman–Crippen LogP) is 4.01. The van der Waals surface area contributed by atoms with E-state index in [0.29, 0.717) is 5.69 Å². The van der Waals surface area contributed by atoms with Crippen molar-refractivity contribution in [2.75, 3.05) is 5.32 Å². The lowest BCUT2D eigenvalue weighted by Crippen LogP contribution is -2.15. The normalized spacial score (nSPS) is 10.2. The number of halogens is 1. The molecule has 0 unspecified atom stereocenters. The largest absolute Gasteiger partial charge is 0.322 e. The first kappa shape index (κ1) is 15.4. The summed E-state index contributed by atoms with van der Waals surface area (Å²) >= 11 is 2.20. The van der Waals surface area contributed by atoms with Crippen molar-refractivity contribution in [1.82, 2.24) is 0 Å². The molecule has 0 radical (unpaired) electrons. The quantitative estimate of drug-likeness (QED) is 0.482. The van der Waals surface area contributed by atoms with E-state index in [1.165, 1.54) is 18.2 Å². The fourth-order valence-electron chi connectivity index (χ4n) is 1.99. The zero-order valence-electron chi connectivity index (χ0n) is 11.3. The lowest BCUT2D eigenvalue weighted by atomic mass is 10.1. The Morgan fingerprint density at radius 3 is 2.67 bits per heavy atom. The van der Waals surface area contributed by atoms with E-state index >= 15 is 0 Å². The van der Waals surface area contributed by atoms with Gasteiger partial charge in [0.05, 0.1) is 4.92 Å². The molecule has 0 heterocycles. The number of anilines is 1. The summed E-state index contributed by atoms with van der Waals surface area (Å²) in [5, 5.41) is 13.7. The molecule has 0 saturated heterocycles. The van der Waals surface area contributed by atoms with Gasteiger partial charge in [-0.05, 0) is 58.8 Å². The zero-order chi connectivity index (χ0) is 15.4. The van der Waals surface area contributed by atoms with Crippen molar-refractivity contribution < 1.29 is 9.72 Å². The first-order valence-electron chi connectivity index (χ1n) is 6.36. The molecule has 0 atom stereocenters. The van der Waals surface area contributed by atoms with Crippen LogP contribution in [0.4, 0.5) is 11.4 Å². The monoisotopic (exact) mass is 396 g/mol. The van der Waals surface area contributed by atoms with Crippen molar-refractivity contribution in [2.24, 2.45) is 0 Å². The Morgan fingerprint density at radius 2 is 2.00 bits per heavy atom. The summed E-state index contributed by atoms with van der Waals surface area (Å²) in [5.74, 6) is -0.474. The van der Waals surface area contributed by atoms with Gasteiger partial charge in [0, 0.05) is 15.3 Å². The molecule has 0 fully saturated rings. The molecule has 2 aromatic carbocycles. The summed E-state index contributed by atoms with van der Waals surface area (Å²) in [5.41, 5.74) is 1.54. The summed E-state index contributed by atoms with van der Waals surface area (Å²) in [4.78, 5) is 22.7. The van der Waals surface area contributed by atoms with Gasteiger partial charge in [0.2, 0.25) is 0 Å². The summed E-state index contributed by atoms with van der Waals surface area (Å²) in [6, 6.07) is 11.6. The molecule has 1 N–H and O–H groups in total. The molecule has 0 spiro atoms. The molecular weight excluding hydrogens is 383 g/mol. The average Bonchev–Trinajstić information content (AvgIpc) is 2.48. The third-order valence-corrected chi connectivity index (χ3v) is 3.71. The van der Waals surface area contributed by atoms with Gasteiger partial charge in [0.15, 0.2) is 0 Å². The molecule has 2 aromatic rings. The Labute approximate surface area is 135 Å². The minimum absolute atomic E-state index is 0.0584. The van der Waals surface area contributed by atoms with Gasteiger partial charge in [-0.2, -0.15) is 0 Å². The van der Waals surface area contributed by atoms with Gasteiger partial charge in [-0.1, -0.05) is 19.1 Å². The van der Waals surface area contributed by atoms with Crippen LogP contribution in [0.2, 0.25) is 0 Å². The van der Waals surface area contributed by atoms with Crippen molar-refractivity contribution in [3.05, 3.63) is 67.3 Å². The third-order valence-electron chi connectivity index (χ3n) is 3.04. The van der Waals surface area contributed by atoms with Crippen LogP contribution in [0.5, 0.6) is 0 Å². The Hall–Kier alpha value is -1.96. The number of rotatable bonds is 4. The predicted molar refractivity (Wildman–Crippen MR) is 89.6 cm³/mol. The van der Waals surface area contributed by atoms with Gasteiger partial charge in [-0.3, -0.25) is 14.9 Å². The van der Waals surface area contributed by atoms with Gasteiger partial charge in [0.25, 0.3) is 11.6 Å². The summed E-state index contributed by atoms with van der Waals surface area (Å²) in [6.45, 7) is 1.99. The lowest BCUT2D eigenvalue weighted by molar-refractivity contribution is -0.385. The number of carbonyl (C=O) groups is 1. The molecule has 0 saturated carbocycles. The molecule has 0 aliphatic heterocycles. The highest BCUT2D eigenvalue weighted by atomic mass is 127. The van der Waals surface area contributed by atoms with E-state index in [1.807, 2.05) is 25.1 Å². The Balaban J connectivity index is 2.33. The second-order valence-corrected chi connectivity index (χ2v) is 5.63. The highest BCUT2D eigenvalue weighted by Gasteiger charge is 2.19. The molecule has 2 rings (SSSR count). The summed E-state index contributed by atoms with van der Waals surface area (Å²) in [6.07, 6.45) is 0.767. The summed E-state index contributed by atoms with van der Waals surface area (Å²) in [7, 11) is 0. The van der Waals surface area contributed by atoms with Crippen LogP contribution < -0.4 is 5.32 Å². The first-order chi connectivity index (χ1) is 10.0. The minimum Gasteiger partial charge on any atom is -0.322 e. The van der Waals surface area contributed by atoms with E-state index in [-0.39, 0.29) is 11.3 Å². The molecule has 5 nitrogen and oxygen atoms in total. The topological polar surface area (TPSA) is 72.2 Å². The summed E-state index contributed by atoms with van der Waals surface area (Å²) < 4.78 is 1.08. The number of amides is 1. The highest BCUT2D eigenvalue weighted by Crippen LogP contribution is 2.23. The van der Waals surface area contributed by atoms with Gasteiger partial charge >= 0.3 is 0 Å². The molecule has 21 heavy (non-hydrogen) atoms. The van der Waals surface area contributed by atoms with Gasteiger partial charge in [-0.15, -0.1) is 0 Å². The number of carbonyl (C=O) groups excluding carboxylic acids is 1. The van der Waals surface area contributed by atoms with E-state index in [1.54, 1.807) is 6.07 Å². The fraction of sp³-hybridized carbons (Fsp3) is 0.133. The molecule has 0 aliphatic carbocycles. The first-order valence-corrected chi connectivity index (χ1v) is 7.44. The van der Waals surface area contributed by atoms with Crippen LogP contribution in [0.25, 0.3) is 0 Å².